The molecule has 0 aromatic carbocycles. The van der Waals surface area contributed by atoms with Gasteiger partial charge in [-0.15, -0.1) is 0 Å². The first kappa shape index (κ1) is 67.5. The van der Waals surface area contributed by atoms with Crippen LogP contribution < -0.4 is 0 Å². The second kappa shape index (κ2) is 59.1. The minimum atomic E-state index is -0.802. The van der Waals surface area contributed by atoms with Crippen LogP contribution in [0.15, 0.2) is 134 Å². The summed E-state index contributed by atoms with van der Waals surface area (Å²) >= 11 is 0. The number of unbranched alkanes of at least 4 members (excludes halogenated alkanes) is 18. The van der Waals surface area contributed by atoms with Gasteiger partial charge in [0.2, 0.25) is 0 Å². The summed E-state index contributed by atoms with van der Waals surface area (Å²) in [7, 11) is 0. The molecule has 0 saturated heterocycles. The van der Waals surface area contributed by atoms with E-state index in [1.165, 1.54) is 44.9 Å². The summed E-state index contributed by atoms with van der Waals surface area (Å²) in [4.78, 5) is 38.1. The Hall–Kier alpha value is -4.45. The molecule has 0 aliphatic heterocycles. The second-order valence-electron chi connectivity index (χ2n) is 18.8. The van der Waals surface area contributed by atoms with Crippen molar-refractivity contribution < 1.29 is 28.6 Å². The molecule has 0 bridgehead atoms. The van der Waals surface area contributed by atoms with Crippen LogP contribution in [0.1, 0.15) is 245 Å². The number of hydrogen-bond acceptors (Lipinski definition) is 6. The van der Waals surface area contributed by atoms with Crippen molar-refractivity contribution in [1.29, 1.82) is 0 Å². The summed E-state index contributed by atoms with van der Waals surface area (Å²) in [5, 5.41) is 0. The van der Waals surface area contributed by atoms with Gasteiger partial charge in [0.15, 0.2) is 6.10 Å². The van der Waals surface area contributed by atoms with Gasteiger partial charge in [0, 0.05) is 19.3 Å². The van der Waals surface area contributed by atoms with Gasteiger partial charge in [0.05, 0.1) is 0 Å². The van der Waals surface area contributed by atoms with Crippen LogP contribution in [-0.4, -0.2) is 37.2 Å². The van der Waals surface area contributed by atoms with E-state index in [1.807, 2.05) is 0 Å². The van der Waals surface area contributed by atoms with Gasteiger partial charge in [-0.05, 0) is 128 Å². The maximum Gasteiger partial charge on any atom is 0.306 e. The first-order valence-electron chi connectivity index (χ1n) is 29.2. The van der Waals surface area contributed by atoms with Crippen molar-refractivity contribution in [2.45, 2.75) is 252 Å². The Kier molecular flexibility index (Phi) is 55.5. The molecule has 0 amide bonds. The Morgan fingerprint density at radius 3 is 0.861 bits per heavy atom. The van der Waals surface area contributed by atoms with Crippen LogP contribution in [0.5, 0.6) is 0 Å². The molecule has 0 aliphatic carbocycles. The number of esters is 3. The van der Waals surface area contributed by atoms with Crippen LogP contribution >= 0.6 is 0 Å². The zero-order chi connectivity index (χ0) is 52.2. The van der Waals surface area contributed by atoms with Gasteiger partial charge in [-0.25, -0.2) is 0 Å². The van der Waals surface area contributed by atoms with Crippen molar-refractivity contribution in [1.82, 2.24) is 0 Å². The van der Waals surface area contributed by atoms with Crippen LogP contribution in [0.3, 0.4) is 0 Å². The fourth-order valence-corrected chi connectivity index (χ4v) is 7.56. The summed E-state index contributed by atoms with van der Waals surface area (Å²) in [5.41, 5.74) is 0. The summed E-state index contributed by atoms with van der Waals surface area (Å²) in [6.45, 7) is 6.31. The highest BCUT2D eigenvalue weighted by molar-refractivity contribution is 5.71. The molecule has 406 valence electrons. The van der Waals surface area contributed by atoms with E-state index >= 15 is 0 Å². The first-order chi connectivity index (χ1) is 35.5. The average molecular weight is 996 g/mol. The summed E-state index contributed by atoms with van der Waals surface area (Å²) < 4.78 is 16.8. The Morgan fingerprint density at radius 1 is 0.292 bits per heavy atom. The Labute approximate surface area is 443 Å². The largest absolute Gasteiger partial charge is 0.462 e. The number of ether oxygens (including phenoxy) is 3. The number of rotatable bonds is 51. The fourth-order valence-electron chi connectivity index (χ4n) is 7.56. The van der Waals surface area contributed by atoms with Crippen molar-refractivity contribution in [3.63, 3.8) is 0 Å². The molecule has 1 unspecified atom stereocenters. The van der Waals surface area contributed by atoms with Crippen molar-refractivity contribution in [2.75, 3.05) is 13.2 Å². The molecule has 0 saturated carbocycles. The quantitative estimate of drug-likeness (QED) is 0.0261. The van der Waals surface area contributed by atoms with Gasteiger partial charge in [-0.2, -0.15) is 0 Å². The zero-order valence-electron chi connectivity index (χ0n) is 46.4. The minimum Gasteiger partial charge on any atom is -0.462 e. The van der Waals surface area contributed by atoms with E-state index in [4.69, 9.17) is 14.2 Å². The molecule has 0 spiro atoms. The third kappa shape index (κ3) is 56.5. The summed E-state index contributed by atoms with van der Waals surface area (Å²) in [5.74, 6) is -0.946. The third-order valence-electron chi connectivity index (χ3n) is 11.9. The maximum absolute atomic E-state index is 12.8. The Balaban J connectivity index is 4.33. The van der Waals surface area contributed by atoms with Gasteiger partial charge < -0.3 is 14.2 Å². The monoisotopic (exact) mass is 995 g/mol. The molecule has 6 heteroatoms. The lowest BCUT2D eigenvalue weighted by molar-refractivity contribution is -0.167. The second-order valence-corrected chi connectivity index (χ2v) is 18.8. The SMILES string of the molecule is CC/C=C\C/C=C\C/C=C\C/C=C\C/C=C\C/C=C\CCCCCCCCCCC(=O)OCC(COC(=O)CCCCCCC/C=C\CCC)OC(=O)CCCCCC/C=C\C/C=C\C/C=C\C/C=C\CC. The smallest absolute Gasteiger partial charge is 0.306 e. The molecule has 1 atom stereocenters. The molecule has 0 radical (unpaired) electrons. The van der Waals surface area contributed by atoms with Gasteiger partial charge in [0.25, 0.3) is 0 Å². The third-order valence-corrected chi connectivity index (χ3v) is 11.9. The Bertz CT molecular complexity index is 1560. The summed E-state index contributed by atoms with van der Waals surface area (Å²) in [6.07, 6.45) is 83.1. The highest BCUT2D eigenvalue weighted by Gasteiger charge is 2.19. The number of allylic oxidation sites excluding steroid dienone is 22. The first-order valence-corrected chi connectivity index (χ1v) is 29.2. The van der Waals surface area contributed by atoms with E-state index in [9.17, 15) is 14.4 Å². The van der Waals surface area contributed by atoms with E-state index < -0.39 is 6.10 Å². The molecule has 0 fully saturated rings. The molecule has 0 aromatic heterocycles. The van der Waals surface area contributed by atoms with E-state index in [0.29, 0.717) is 19.3 Å². The molecular formula is C66H106O6. The van der Waals surface area contributed by atoms with Crippen LogP contribution in [-0.2, 0) is 28.6 Å². The van der Waals surface area contributed by atoms with Crippen LogP contribution in [0.4, 0.5) is 0 Å². The minimum absolute atomic E-state index is 0.0990. The lowest BCUT2D eigenvalue weighted by Gasteiger charge is -2.18. The van der Waals surface area contributed by atoms with E-state index in [1.54, 1.807) is 0 Å². The van der Waals surface area contributed by atoms with Gasteiger partial charge in [0.1, 0.15) is 13.2 Å². The van der Waals surface area contributed by atoms with E-state index in [-0.39, 0.29) is 31.1 Å². The Morgan fingerprint density at radius 2 is 0.542 bits per heavy atom. The molecular weight excluding hydrogens is 889 g/mol. The lowest BCUT2D eigenvalue weighted by Crippen LogP contribution is -2.30. The van der Waals surface area contributed by atoms with E-state index in [2.05, 4.69) is 154 Å². The van der Waals surface area contributed by atoms with Crippen molar-refractivity contribution >= 4 is 17.9 Å². The molecule has 0 aromatic rings. The predicted molar refractivity (Wildman–Crippen MR) is 311 cm³/mol. The normalized spacial score (nSPS) is 13.1. The van der Waals surface area contributed by atoms with Crippen LogP contribution in [0, 0.1) is 0 Å². The van der Waals surface area contributed by atoms with Crippen LogP contribution in [0.2, 0.25) is 0 Å². The molecule has 0 heterocycles. The number of carbonyl (C=O) groups is 3. The van der Waals surface area contributed by atoms with Crippen molar-refractivity contribution in [3.8, 4) is 0 Å². The summed E-state index contributed by atoms with van der Waals surface area (Å²) in [6, 6.07) is 0. The highest BCUT2D eigenvalue weighted by Crippen LogP contribution is 2.14. The molecule has 72 heavy (non-hydrogen) atoms. The standard InChI is InChI=1S/C66H106O6/c1-4-7-10-13-16-19-22-24-26-28-29-30-31-32-33-34-35-36-37-39-40-42-44-47-50-53-56-59-65(68)71-62-63(61-70-64(67)58-55-52-49-46-21-18-15-12-9-6-3)72-66(69)60-57-54-51-48-45-43-41-38-27-25-23-20-17-14-11-8-5-2/h7-8,10-12,15-17,19-20,24-27,29-30,32-33,35-36,41,43,63H,4-6,9,13-14,18,21-23,28,31,34,37-40,42,44-62H2,1-3H3/b10-7-,11-8-,15-12-,19-16-,20-17-,26-24-,27-25-,30-29-,33-32-,36-35-,43-41-. The highest BCUT2D eigenvalue weighted by atomic mass is 16.6. The van der Waals surface area contributed by atoms with Gasteiger partial charge in [-0.1, -0.05) is 231 Å². The van der Waals surface area contributed by atoms with E-state index in [0.717, 1.165) is 161 Å². The van der Waals surface area contributed by atoms with Gasteiger partial charge in [-0.3, -0.25) is 14.4 Å². The molecule has 0 N–H and O–H groups in total. The predicted octanol–water partition coefficient (Wildman–Crippen LogP) is 19.8. The maximum atomic E-state index is 12.8. The number of carbonyl (C=O) groups excluding carboxylic acids is 3. The van der Waals surface area contributed by atoms with Crippen molar-refractivity contribution in [3.05, 3.63) is 134 Å². The average Bonchev–Trinajstić information content (AvgIpc) is 3.38. The van der Waals surface area contributed by atoms with Gasteiger partial charge >= 0.3 is 17.9 Å². The van der Waals surface area contributed by atoms with Crippen molar-refractivity contribution in [2.24, 2.45) is 0 Å². The lowest BCUT2D eigenvalue weighted by atomic mass is 10.1. The zero-order valence-corrected chi connectivity index (χ0v) is 46.4. The van der Waals surface area contributed by atoms with Crippen LogP contribution in [0.25, 0.3) is 0 Å². The molecule has 6 nitrogen and oxygen atoms in total. The topological polar surface area (TPSA) is 78.9 Å². The number of hydrogen-bond donors (Lipinski definition) is 0. The molecule has 0 rings (SSSR count). The molecule has 0 aliphatic rings. The fraction of sp³-hybridized carbons (Fsp3) is 0.621.